The Morgan fingerprint density at radius 1 is 1.03 bits per heavy atom. The summed E-state index contributed by atoms with van der Waals surface area (Å²) in [5, 5.41) is 11.6. The van der Waals surface area contributed by atoms with E-state index in [1.807, 2.05) is 36.4 Å². The van der Waals surface area contributed by atoms with E-state index in [0.29, 0.717) is 27.2 Å². The Morgan fingerprint density at radius 2 is 1.78 bits per heavy atom. The van der Waals surface area contributed by atoms with Gasteiger partial charge in [-0.2, -0.15) is 0 Å². The molecular weight excluding hydrogens is 474 g/mol. The van der Waals surface area contributed by atoms with Crippen LogP contribution >= 0.6 is 15.9 Å². The van der Waals surface area contributed by atoms with E-state index >= 15 is 0 Å². The molecular formula is C25H22BrNO5. The average molecular weight is 496 g/mol. The predicted octanol–water partition coefficient (Wildman–Crippen LogP) is 4.47. The van der Waals surface area contributed by atoms with E-state index in [9.17, 15) is 14.7 Å². The van der Waals surface area contributed by atoms with Gasteiger partial charge in [-0.15, -0.1) is 0 Å². The third kappa shape index (κ3) is 3.89. The lowest BCUT2D eigenvalue weighted by atomic mass is 9.88. The number of fused-ring (bicyclic) bond motifs is 1. The molecule has 3 aromatic rings. The molecule has 6 nitrogen and oxygen atoms in total. The second-order valence-electron chi connectivity index (χ2n) is 7.56. The quantitative estimate of drug-likeness (QED) is 0.489. The molecule has 1 heterocycles. The summed E-state index contributed by atoms with van der Waals surface area (Å²) < 4.78 is 11.2. The zero-order valence-electron chi connectivity index (χ0n) is 17.7. The van der Waals surface area contributed by atoms with Crippen molar-refractivity contribution < 1.29 is 24.2 Å². The molecule has 0 saturated carbocycles. The predicted molar refractivity (Wildman–Crippen MR) is 124 cm³/mol. The summed E-state index contributed by atoms with van der Waals surface area (Å²) >= 11 is 3.41. The number of ketones is 1. The molecule has 3 aromatic carbocycles. The van der Waals surface area contributed by atoms with Gasteiger partial charge in [0.2, 0.25) is 0 Å². The van der Waals surface area contributed by atoms with Gasteiger partial charge in [0.05, 0.1) is 38.4 Å². The zero-order chi connectivity index (χ0) is 22.9. The van der Waals surface area contributed by atoms with Gasteiger partial charge in [0.15, 0.2) is 11.4 Å². The summed E-state index contributed by atoms with van der Waals surface area (Å²) in [6.07, 6.45) is -0.413. The van der Waals surface area contributed by atoms with Crippen LogP contribution in [0.4, 0.5) is 5.69 Å². The van der Waals surface area contributed by atoms with Crippen LogP contribution < -0.4 is 14.4 Å². The van der Waals surface area contributed by atoms with Crippen molar-refractivity contribution in [1.82, 2.24) is 0 Å². The highest BCUT2D eigenvalue weighted by molar-refractivity contribution is 9.10. The van der Waals surface area contributed by atoms with Crippen LogP contribution in [-0.2, 0) is 16.9 Å². The van der Waals surface area contributed by atoms with Gasteiger partial charge in [-0.3, -0.25) is 9.59 Å². The van der Waals surface area contributed by atoms with Crippen LogP contribution in [0.1, 0.15) is 27.9 Å². The van der Waals surface area contributed by atoms with Crippen molar-refractivity contribution in [2.24, 2.45) is 0 Å². The normalized spacial score (nSPS) is 17.2. The maximum Gasteiger partial charge on any atom is 0.264 e. The number of Topliss-reactive ketones (excluding diaryl/α,β-unsaturated/α-hetero) is 1. The number of amides is 1. The molecule has 0 fully saturated rings. The summed E-state index contributed by atoms with van der Waals surface area (Å²) in [6, 6.07) is 19.6. The minimum Gasteiger partial charge on any atom is -0.497 e. The number of rotatable bonds is 7. The summed E-state index contributed by atoms with van der Waals surface area (Å²) in [5.41, 5.74) is 0.179. The number of benzene rings is 3. The van der Waals surface area contributed by atoms with E-state index in [1.165, 1.54) is 19.1 Å². The smallest absolute Gasteiger partial charge is 0.264 e. The number of ether oxygens (including phenoxy) is 2. The molecule has 4 rings (SSSR count). The largest absolute Gasteiger partial charge is 0.497 e. The molecule has 0 unspecified atom stereocenters. The topological polar surface area (TPSA) is 76.1 Å². The molecule has 32 heavy (non-hydrogen) atoms. The minimum absolute atomic E-state index is 0.271. The molecule has 0 bridgehead atoms. The second kappa shape index (κ2) is 8.76. The number of hydrogen-bond donors (Lipinski definition) is 1. The third-order valence-electron chi connectivity index (χ3n) is 5.60. The van der Waals surface area contributed by atoms with Crippen LogP contribution in [0.25, 0.3) is 0 Å². The fourth-order valence-corrected chi connectivity index (χ4v) is 4.33. The van der Waals surface area contributed by atoms with Gasteiger partial charge in [0, 0.05) is 16.1 Å². The lowest BCUT2D eigenvalue weighted by Crippen LogP contribution is -2.41. The van der Waals surface area contributed by atoms with Crippen LogP contribution in [0, 0.1) is 0 Å². The maximum atomic E-state index is 13.5. The van der Waals surface area contributed by atoms with Crippen molar-refractivity contribution in [3.63, 3.8) is 0 Å². The molecule has 0 radical (unpaired) electrons. The molecule has 0 aliphatic carbocycles. The van der Waals surface area contributed by atoms with Gasteiger partial charge in [-0.05, 0) is 35.9 Å². The first kappa shape index (κ1) is 22.0. The molecule has 164 valence electrons. The number of carbonyl (C=O) groups excluding carboxylic acids is 2. The SMILES string of the molecule is COc1ccc(C(=O)C[C@@]2(O)C(=O)N(Cc3ccccc3)c3ccc(Br)cc32)c(OC)c1. The Morgan fingerprint density at radius 3 is 2.47 bits per heavy atom. The van der Waals surface area contributed by atoms with Crippen LogP contribution in [-0.4, -0.2) is 31.0 Å². The Hall–Kier alpha value is -3.16. The highest BCUT2D eigenvalue weighted by Crippen LogP contribution is 2.45. The minimum atomic E-state index is -1.99. The van der Waals surface area contributed by atoms with Gasteiger partial charge in [0.25, 0.3) is 5.91 Å². The number of carbonyl (C=O) groups is 2. The van der Waals surface area contributed by atoms with Crippen LogP contribution in [0.15, 0.2) is 71.2 Å². The Kier molecular flexibility index (Phi) is 6.04. The van der Waals surface area contributed by atoms with Crippen molar-refractivity contribution in [3.8, 4) is 11.5 Å². The number of nitrogens with zero attached hydrogens (tertiary/aromatic N) is 1. The summed E-state index contributed by atoms with van der Waals surface area (Å²) in [6.45, 7) is 0.288. The second-order valence-corrected chi connectivity index (χ2v) is 8.48. The van der Waals surface area contributed by atoms with Gasteiger partial charge in [0.1, 0.15) is 11.5 Å². The van der Waals surface area contributed by atoms with E-state index in [1.54, 1.807) is 30.3 Å². The first-order valence-corrected chi connectivity index (χ1v) is 10.8. The molecule has 1 aliphatic rings. The van der Waals surface area contributed by atoms with Crippen LogP contribution in [0.2, 0.25) is 0 Å². The zero-order valence-corrected chi connectivity index (χ0v) is 19.3. The van der Waals surface area contributed by atoms with Crippen molar-refractivity contribution in [3.05, 3.63) is 87.9 Å². The Balaban J connectivity index is 1.71. The fourth-order valence-electron chi connectivity index (χ4n) is 3.97. The van der Waals surface area contributed by atoms with Gasteiger partial charge in [-0.1, -0.05) is 46.3 Å². The number of halogens is 1. The van der Waals surface area contributed by atoms with Crippen molar-refractivity contribution >= 4 is 33.3 Å². The summed E-state index contributed by atoms with van der Waals surface area (Å²) in [7, 11) is 2.97. The molecule has 0 aromatic heterocycles. The highest BCUT2D eigenvalue weighted by atomic mass is 79.9. The molecule has 1 aliphatic heterocycles. The van der Waals surface area contributed by atoms with Crippen LogP contribution in [0.5, 0.6) is 11.5 Å². The van der Waals surface area contributed by atoms with Crippen molar-refractivity contribution in [1.29, 1.82) is 0 Å². The average Bonchev–Trinajstić information content (AvgIpc) is 3.00. The highest BCUT2D eigenvalue weighted by Gasteiger charge is 2.51. The van der Waals surface area contributed by atoms with E-state index in [0.717, 1.165) is 5.56 Å². The first-order chi connectivity index (χ1) is 15.4. The van der Waals surface area contributed by atoms with E-state index in [2.05, 4.69) is 15.9 Å². The summed E-state index contributed by atoms with van der Waals surface area (Å²) in [4.78, 5) is 28.2. The van der Waals surface area contributed by atoms with E-state index in [-0.39, 0.29) is 12.1 Å². The summed E-state index contributed by atoms with van der Waals surface area (Å²) in [5.74, 6) is -0.0838. The molecule has 7 heteroatoms. The standard InChI is InChI=1S/C25H22BrNO5/c1-31-18-9-10-19(23(13-18)32-2)22(28)14-25(30)20-12-17(26)8-11-21(20)27(24(25)29)15-16-6-4-3-5-7-16/h3-13,30H,14-15H2,1-2H3/t25-/m0/s1. The van der Waals surface area contributed by atoms with Gasteiger partial charge in [-0.25, -0.2) is 0 Å². The Bertz CT molecular complexity index is 1180. The maximum absolute atomic E-state index is 13.5. The fraction of sp³-hybridized carbons (Fsp3) is 0.200. The third-order valence-corrected chi connectivity index (χ3v) is 6.10. The number of hydrogen-bond acceptors (Lipinski definition) is 5. The molecule has 1 N–H and O–H groups in total. The van der Waals surface area contributed by atoms with Crippen LogP contribution in [0.3, 0.4) is 0 Å². The van der Waals surface area contributed by atoms with E-state index in [4.69, 9.17) is 9.47 Å². The molecule has 1 atom stereocenters. The number of methoxy groups -OCH3 is 2. The molecule has 1 amide bonds. The monoisotopic (exact) mass is 495 g/mol. The van der Waals surface area contributed by atoms with E-state index < -0.39 is 23.7 Å². The van der Waals surface area contributed by atoms with Gasteiger partial charge >= 0.3 is 0 Å². The number of aliphatic hydroxyl groups is 1. The van der Waals surface area contributed by atoms with Crippen molar-refractivity contribution in [2.75, 3.05) is 19.1 Å². The molecule has 0 saturated heterocycles. The lowest BCUT2D eigenvalue weighted by molar-refractivity contribution is -0.136. The number of anilines is 1. The van der Waals surface area contributed by atoms with Gasteiger partial charge < -0.3 is 19.5 Å². The van der Waals surface area contributed by atoms with Crippen molar-refractivity contribution in [2.45, 2.75) is 18.6 Å². The Labute approximate surface area is 194 Å². The lowest BCUT2D eigenvalue weighted by Gasteiger charge is -2.23. The molecule has 0 spiro atoms. The first-order valence-electron chi connectivity index (χ1n) is 10.0.